The van der Waals surface area contributed by atoms with Crippen molar-refractivity contribution in [2.24, 2.45) is 0 Å². The van der Waals surface area contributed by atoms with E-state index in [0.717, 1.165) is 99.2 Å². The number of likely N-dealkylation sites (N-methyl/N-ethyl adjacent to an activating group) is 1. The van der Waals surface area contributed by atoms with E-state index in [1.165, 1.54) is 29.3 Å². The van der Waals surface area contributed by atoms with Crippen LogP contribution < -0.4 is 20.4 Å². The number of benzene rings is 4. The van der Waals surface area contributed by atoms with E-state index in [9.17, 15) is 26.4 Å². The summed E-state index contributed by atoms with van der Waals surface area (Å²) in [6.45, 7) is 13.3. The van der Waals surface area contributed by atoms with Crippen molar-refractivity contribution < 1.29 is 31.5 Å². The number of sulfonamides is 2. The van der Waals surface area contributed by atoms with E-state index < -0.39 is 31.1 Å². The first-order valence-corrected chi connectivity index (χ1v) is 33.2. The molecule has 1 aliphatic carbocycles. The number of anilines is 3. The number of carbonyl (C=O) groups excluding carboxylic acids is 2. The first kappa shape index (κ1) is 61.8. The molecule has 0 atom stereocenters. The van der Waals surface area contributed by atoms with E-state index in [0.29, 0.717) is 92.1 Å². The van der Waals surface area contributed by atoms with Crippen LogP contribution in [0.25, 0.3) is 43.6 Å². The summed E-state index contributed by atoms with van der Waals surface area (Å²) in [4.78, 5) is 29.7. The van der Waals surface area contributed by atoms with Gasteiger partial charge in [0.2, 0.25) is 20.0 Å². The molecule has 13 rings (SSSR count). The van der Waals surface area contributed by atoms with Gasteiger partial charge in [0.1, 0.15) is 5.54 Å². The number of hydrogen-bond donors (Lipinski definition) is 7. The minimum absolute atomic E-state index is 0.0891. The third-order valence-corrected chi connectivity index (χ3v) is 21.6. The van der Waals surface area contributed by atoms with Crippen molar-refractivity contribution >= 4 is 127 Å². The predicted octanol–water partition coefficient (Wildman–Crippen LogP) is 9.57. The molecule has 4 saturated heterocycles. The summed E-state index contributed by atoms with van der Waals surface area (Å²) in [5, 5.41) is 48.7. The number of H-pyrrole nitrogens is 4. The Kier molecular flexibility index (Phi) is 18.3. The van der Waals surface area contributed by atoms with Crippen LogP contribution in [0.1, 0.15) is 102 Å². The van der Waals surface area contributed by atoms with Crippen molar-refractivity contribution in [1.29, 1.82) is 0 Å². The molecule has 5 aliphatic rings. The fraction of sp³-hybridized carbons (Fsp3) is 0.483. The number of nitrogens with zero attached hydrogens (tertiary/aromatic N) is 9. The molecule has 22 nitrogen and oxygen atoms in total. The maximum atomic E-state index is 12.7. The van der Waals surface area contributed by atoms with Crippen LogP contribution in [0.2, 0.25) is 15.1 Å². The van der Waals surface area contributed by atoms with Crippen LogP contribution in [-0.4, -0.2) is 177 Å². The van der Waals surface area contributed by atoms with Crippen LogP contribution in [-0.2, 0) is 24.8 Å². The van der Waals surface area contributed by atoms with Gasteiger partial charge in [-0.3, -0.25) is 30.1 Å². The number of aromatic amines is 4. The average Bonchev–Trinajstić information content (AvgIpc) is 3.95. The van der Waals surface area contributed by atoms with E-state index in [-0.39, 0.29) is 23.8 Å². The zero-order valence-corrected chi connectivity index (χ0v) is 52.5. The average molecular weight is 1260 g/mol. The van der Waals surface area contributed by atoms with E-state index in [4.69, 9.17) is 39.9 Å². The maximum Gasteiger partial charge on any atom is 0.324 e. The fourth-order valence-corrected chi connectivity index (χ4v) is 16.7. The molecule has 5 fully saturated rings. The quantitative estimate of drug-likeness (QED) is 0.0628. The van der Waals surface area contributed by atoms with Crippen molar-refractivity contribution in [3.63, 3.8) is 0 Å². The van der Waals surface area contributed by atoms with Gasteiger partial charge in [0.15, 0.2) is 0 Å². The normalized spacial score (nSPS) is 18.9. The van der Waals surface area contributed by atoms with Crippen molar-refractivity contribution in [2.45, 2.75) is 107 Å². The van der Waals surface area contributed by atoms with Crippen LogP contribution >= 0.6 is 34.8 Å². The Morgan fingerprint density at radius 2 is 1.20 bits per heavy atom. The molecule has 1 saturated carbocycles. The van der Waals surface area contributed by atoms with Crippen LogP contribution in [0, 0.1) is 0 Å². The first-order chi connectivity index (χ1) is 40.5. The van der Waals surface area contributed by atoms with Gasteiger partial charge >= 0.3 is 6.03 Å². The Morgan fingerprint density at radius 1 is 0.671 bits per heavy atom. The van der Waals surface area contributed by atoms with Gasteiger partial charge in [-0.1, -0.05) is 61.5 Å². The Balaban J connectivity index is 0.000000128. The highest BCUT2D eigenvalue weighted by Crippen LogP contribution is 2.40. The molecule has 0 bridgehead atoms. The Labute approximate surface area is 509 Å². The zero-order valence-electron chi connectivity index (χ0n) is 48.6. The second-order valence-corrected chi connectivity index (χ2v) is 29.0. The summed E-state index contributed by atoms with van der Waals surface area (Å²) in [6.07, 6.45) is 15.1. The van der Waals surface area contributed by atoms with E-state index in [1.807, 2.05) is 62.6 Å². The number of piperidine rings is 2. The molecule has 456 valence electrons. The van der Waals surface area contributed by atoms with Crippen molar-refractivity contribution in [3.05, 3.63) is 99.5 Å². The molecule has 8 aromatic rings. The number of amides is 3. The number of aliphatic hydroxyl groups excluding tert-OH is 1. The number of piperazine rings is 1. The first-order valence-electron chi connectivity index (χ1n) is 28.7. The number of imide groups is 1. The highest BCUT2D eigenvalue weighted by atomic mass is 35.5. The monoisotopic (exact) mass is 1260 g/mol. The van der Waals surface area contributed by atoms with Crippen molar-refractivity contribution in [1.82, 2.24) is 59.6 Å². The molecule has 27 heteroatoms. The standard InChI is InChI=1S/C17H22ClN3O2S.C17H26N4O2S.C15H16ClN5O2.C9H10ClN3O/c18-13-9-15(16-11-19-20-17(16)10-13)12-5-7-21(8-6-12)24(22,23)14-3-1-2-4-14;1-12(2)13-8-15-14(10-18-19-15)16(9-13)20-6-7-21(24(5,22)23)17(3,4)11-20;1-20-13(22)15(18-14(20)23)2-4-21(5-3-15)12-7-9(16)6-11-10(12)8-17-19-11;10-6-3-8(11-1-2-14)7-5-12-13-9(7)4-6/h9-12,14H,1-8H2,(H,19,20);8-10,12H,6-7,11H2,1-5H3,(H,18,19);6-8H,2-5H2,1H3,(H,17,19)(H,18,23);3-5,11,14H,1-2H2,(H,12,13). The van der Waals surface area contributed by atoms with Crippen LogP contribution in [0.5, 0.6) is 0 Å². The maximum absolute atomic E-state index is 12.7. The van der Waals surface area contributed by atoms with Gasteiger partial charge < -0.3 is 25.5 Å². The number of fused-ring (bicyclic) bond motifs is 4. The Bertz CT molecular complexity index is 3940. The number of aliphatic hydroxyl groups is 1. The molecule has 4 aromatic carbocycles. The minimum Gasteiger partial charge on any atom is -0.395 e. The lowest BCUT2D eigenvalue weighted by Gasteiger charge is -2.46. The molecule has 0 radical (unpaired) electrons. The van der Waals surface area contributed by atoms with E-state index >= 15 is 0 Å². The molecule has 85 heavy (non-hydrogen) atoms. The van der Waals surface area contributed by atoms with E-state index in [1.54, 1.807) is 21.0 Å². The van der Waals surface area contributed by atoms with Crippen LogP contribution in [0.4, 0.5) is 21.9 Å². The minimum atomic E-state index is -3.20. The van der Waals surface area contributed by atoms with Gasteiger partial charge in [-0.05, 0) is 124 Å². The number of hydrogen-bond acceptors (Lipinski definition) is 14. The number of aromatic nitrogens is 8. The molecule has 0 unspecified atom stereocenters. The molecule has 4 aromatic heterocycles. The third kappa shape index (κ3) is 13.2. The van der Waals surface area contributed by atoms with Crippen LogP contribution in [0.3, 0.4) is 0 Å². The molecular weight excluding hydrogens is 1190 g/mol. The number of urea groups is 1. The number of nitrogens with one attached hydrogen (secondary N) is 6. The molecule has 4 aliphatic heterocycles. The number of carbonyl (C=O) groups is 2. The number of rotatable bonds is 10. The Morgan fingerprint density at radius 3 is 1.75 bits per heavy atom. The largest absolute Gasteiger partial charge is 0.395 e. The Hall–Kier alpha value is -6.25. The van der Waals surface area contributed by atoms with Crippen LogP contribution in [0.15, 0.2) is 73.3 Å². The zero-order chi connectivity index (χ0) is 60.6. The van der Waals surface area contributed by atoms with E-state index in [2.05, 4.69) is 87.2 Å². The van der Waals surface area contributed by atoms with Crippen molar-refractivity contribution in [2.75, 3.05) is 87.4 Å². The second-order valence-electron chi connectivity index (χ2n) is 23.6. The lowest BCUT2D eigenvalue weighted by molar-refractivity contribution is -0.131. The molecule has 3 amide bonds. The molecule has 7 N–H and O–H groups in total. The third-order valence-electron chi connectivity index (χ3n) is 17.1. The highest BCUT2D eigenvalue weighted by molar-refractivity contribution is 7.89. The predicted molar refractivity (Wildman–Crippen MR) is 337 cm³/mol. The van der Waals surface area contributed by atoms with Gasteiger partial charge in [-0.15, -0.1) is 0 Å². The summed E-state index contributed by atoms with van der Waals surface area (Å²) in [5.74, 6) is 0.613. The highest BCUT2D eigenvalue weighted by Gasteiger charge is 2.51. The molecule has 1 spiro atoms. The lowest BCUT2D eigenvalue weighted by atomic mass is 9.87. The van der Waals surface area contributed by atoms with Gasteiger partial charge in [0, 0.05) is 119 Å². The van der Waals surface area contributed by atoms with Gasteiger partial charge in [0.25, 0.3) is 5.91 Å². The van der Waals surface area contributed by atoms with Gasteiger partial charge in [0.05, 0.1) is 65.0 Å². The summed E-state index contributed by atoms with van der Waals surface area (Å²) < 4.78 is 52.9. The van der Waals surface area contributed by atoms with Crippen molar-refractivity contribution in [3.8, 4) is 0 Å². The molecular formula is C58H74Cl3N15O7S2. The number of halogens is 3. The summed E-state index contributed by atoms with van der Waals surface area (Å²) in [6, 6.07) is 15.3. The SMILES string of the molecule is CC(C)c1cc(N2CCN(S(C)(=O)=O)C(C)(C)C2)c2cn[nH]c2c1.CN1C(=O)NC2(CCN(c3cc(Cl)cc4[nH]ncc34)CC2)C1=O.O=S(=O)(C1CCCC1)N1CCC(c2cc(Cl)cc3[nH]ncc23)CC1.OCCNc1cc(Cl)cc2[nH]ncc12. The summed E-state index contributed by atoms with van der Waals surface area (Å²) >= 11 is 18.3. The molecule has 8 heterocycles. The fourth-order valence-electron chi connectivity index (χ4n) is 12.6. The van der Waals surface area contributed by atoms with Gasteiger partial charge in [-0.25, -0.2) is 25.9 Å². The van der Waals surface area contributed by atoms with Gasteiger partial charge in [-0.2, -0.15) is 24.7 Å². The second kappa shape index (κ2) is 25.2. The topological polar surface area (TPSA) is 278 Å². The lowest BCUT2D eigenvalue weighted by Crippen LogP contribution is -2.60. The summed E-state index contributed by atoms with van der Waals surface area (Å²) in [5.41, 5.74) is 8.00. The summed E-state index contributed by atoms with van der Waals surface area (Å²) in [7, 11) is -4.80. The smallest absolute Gasteiger partial charge is 0.324 e.